The highest BCUT2D eigenvalue weighted by Crippen LogP contribution is 2.32. The summed E-state index contributed by atoms with van der Waals surface area (Å²) in [6, 6.07) is 7.05. The van der Waals surface area contributed by atoms with Crippen LogP contribution in [0.15, 0.2) is 29.2 Å². The number of rotatable bonds is 6. The van der Waals surface area contributed by atoms with Crippen LogP contribution in [-0.2, 0) is 9.59 Å². The van der Waals surface area contributed by atoms with E-state index in [1.165, 1.54) is 0 Å². The summed E-state index contributed by atoms with van der Waals surface area (Å²) in [5.74, 6) is -0.552. The maximum atomic E-state index is 11.9. The molecule has 1 atom stereocenters. The summed E-state index contributed by atoms with van der Waals surface area (Å²) in [4.78, 5) is 24.7. The summed E-state index contributed by atoms with van der Waals surface area (Å²) in [6.07, 6.45) is 0. The van der Waals surface area contributed by atoms with Crippen LogP contribution in [0.1, 0.15) is 34.6 Å². The van der Waals surface area contributed by atoms with Crippen molar-refractivity contribution >= 4 is 41.7 Å². The second-order valence-corrected chi connectivity index (χ2v) is 8.67. The monoisotopic (exact) mass is 373 g/mol. The number of carbonyl (C=O) groups is 2. The van der Waals surface area contributed by atoms with E-state index in [-0.39, 0.29) is 41.4 Å². The van der Waals surface area contributed by atoms with Gasteiger partial charge in [0.25, 0.3) is 0 Å². The number of carbonyl (C=O) groups excluding carboxylic acids is 2. The smallest absolute Gasteiger partial charge is 0.243 e. The Hall–Kier alpha value is -1.24. The largest absolute Gasteiger partial charge is 0.346 e. The van der Waals surface area contributed by atoms with Gasteiger partial charge in [-0.15, -0.1) is 24.2 Å². The van der Waals surface area contributed by atoms with Gasteiger partial charge >= 0.3 is 0 Å². The van der Waals surface area contributed by atoms with Crippen LogP contribution in [-0.4, -0.2) is 29.1 Å². The average molecular weight is 374 g/mol. The van der Waals surface area contributed by atoms with Crippen LogP contribution < -0.4 is 16.4 Å². The molecule has 0 aliphatic heterocycles. The molecule has 136 valence electrons. The van der Waals surface area contributed by atoms with Gasteiger partial charge in [0, 0.05) is 15.3 Å². The first-order valence-electron chi connectivity index (χ1n) is 7.71. The molecule has 1 aromatic rings. The molecule has 0 unspecified atom stereocenters. The summed E-state index contributed by atoms with van der Waals surface area (Å²) >= 11 is 1.76. The second kappa shape index (κ2) is 9.91. The number of thioether (sulfide) groups is 1. The molecule has 0 heterocycles. The molecule has 0 aliphatic carbocycles. The molecule has 7 heteroatoms. The van der Waals surface area contributed by atoms with Crippen molar-refractivity contribution in [3.63, 3.8) is 0 Å². The van der Waals surface area contributed by atoms with E-state index in [0.29, 0.717) is 5.69 Å². The van der Waals surface area contributed by atoms with Crippen molar-refractivity contribution in [2.24, 2.45) is 11.7 Å². The Bertz CT molecular complexity index is 542. The number of anilines is 1. The van der Waals surface area contributed by atoms with Crippen LogP contribution in [0.25, 0.3) is 0 Å². The van der Waals surface area contributed by atoms with Crippen molar-refractivity contribution in [2.45, 2.75) is 50.3 Å². The molecule has 5 nitrogen and oxygen atoms in total. The zero-order valence-electron chi connectivity index (χ0n) is 14.9. The minimum absolute atomic E-state index is 0. The molecular formula is C17H28ClN3O2S. The van der Waals surface area contributed by atoms with Crippen LogP contribution >= 0.6 is 24.2 Å². The standard InChI is InChI=1S/C17H27N3O2S.ClH/c1-11(2)15(18)16(22)19-10-14(21)20-12-6-8-13(9-7-12)23-17(3,4)5;/h6-9,11,15H,10,18H2,1-5H3,(H,19,22)(H,20,21);1H/t15-;/m0./s1. The van der Waals surface area contributed by atoms with E-state index in [4.69, 9.17) is 5.73 Å². The first kappa shape index (κ1) is 22.8. The van der Waals surface area contributed by atoms with Crippen LogP contribution in [0, 0.1) is 5.92 Å². The highest BCUT2D eigenvalue weighted by atomic mass is 35.5. The predicted octanol–water partition coefficient (Wildman–Crippen LogP) is 3.04. The lowest BCUT2D eigenvalue weighted by Gasteiger charge is -2.17. The van der Waals surface area contributed by atoms with Crippen LogP contribution in [0.2, 0.25) is 0 Å². The molecular weight excluding hydrogens is 346 g/mol. The average Bonchev–Trinajstić information content (AvgIpc) is 2.44. The quantitative estimate of drug-likeness (QED) is 0.669. The Morgan fingerprint density at radius 2 is 1.71 bits per heavy atom. The molecule has 24 heavy (non-hydrogen) atoms. The zero-order valence-corrected chi connectivity index (χ0v) is 16.5. The number of hydrogen-bond acceptors (Lipinski definition) is 4. The molecule has 2 amide bonds. The number of halogens is 1. The highest BCUT2D eigenvalue weighted by Gasteiger charge is 2.17. The fourth-order valence-corrected chi connectivity index (χ4v) is 2.73. The SMILES string of the molecule is CC(C)[C@H](N)C(=O)NCC(=O)Nc1ccc(SC(C)(C)C)cc1.Cl. The summed E-state index contributed by atoms with van der Waals surface area (Å²) in [5, 5.41) is 5.30. The lowest BCUT2D eigenvalue weighted by molar-refractivity contribution is -0.125. The molecule has 0 spiro atoms. The van der Waals surface area contributed by atoms with Gasteiger partial charge in [-0.1, -0.05) is 34.6 Å². The van der Waals surface area contributed by atoms with Gasteiger partial charge in [0.2, 0.25) is 11.8 Å². The topological polar surface area (TPSA) is 84.2 Å². The van der Waals surface area contributed by atoms with E-state index in [0.717, 1.165) is 4.90 Å². The van der Waals surface area contributed by atoms with Gasteiger partial charge in [-0.2, -0.15) is 0 Å². The van der Waals surface area contributed by atoms with Gasteiger partial charge in [0.15, 0.2) is 0 Å². The van der Waals surface area contributed by atoms with Crippen molar-refractivity contribution in [1.29, 1.82) is 0 Å². The van der Waals surface area contributed by atoms with E-state index in [1.807, 2.05) is 38.1 Å². The van der Waals surface area contributed by atoms with Gasteiger partial charge in [0.1, 0.15) is 0 Å². The Morgan fingerprint density at radius 3 is 2.17 bits per heavy atom. The first-order valence-corrected chi connectivity index (χ1v) is 8.52. The Labute approximate surface area is 154 Å². The van der Waals surface area contributed by atoms with Gasteiger partial charge in [-0.25, -0.2) is 0 Å². The molecule has 0 aliphatic rings. The van der Waals surface area contributed by atoms with Crippen molar-refractivity contribution in [3.05, 3.63) is 24.3 Å². The van der Waals surface area contributed by atoms with Gasteiger partial charge in [0.05, 0.1) is 12.6 Å². The fourth-order valence-electron chi connectivity index (χ4n) is 1.75. The predicted molar refractivity (Wildman–Crippen MR) is 104 cm³/mol. The first-order chi connectivity index (χ1) is 10.6. The molecule has 0 aromatic heterocycles. The highest BCUT2D eigenvalue weighted by molar-refractivity contribution is 8.00. The van der Waals surface area contributed by atoms with Gasteiger partial charge in [-0.3, -0.25) is 9.59 Å². The maximum absolute atomic E-state index is 11.9. The van der Waals surface area contributed by atoms with Crippen molar-refractivity contribution in [2.75, 3.05) is 11.9 Å². The Balaban J connectivity index is 0.00000529. The maximum Gasteiger partial charge on any atom is 0.243 e. The Kier molecular flexibility index (Phi) is 9.40. The minimum atomic E-state index is -0.600. The second-order valence-electron chi connectivity index (χ2n) is 6.77. The molecule has 0 radical (unpaired) electrons. The summed E-state index contributed by atoms with van der Waals surface area (Å²) in [6.45, 7) is 10.1. The third-order valence-electron chi connectivity index (χ3n) is 3.01. The summed E-state index contributed by atoms with van der Waals surface area (Å²) in [5.41, 5.74) is 6.42. The van der Waals surface area contributed by atoms with Crippen LogP contribution in [0.4, 0.5) is 5.69 Å². The molecule has 0 saturated carbocycles. The molecule has 0 fully saturated rings. The van der Waals surface area contributed by atoms with Crippen LogP contribution in [0.3, 0.4) is 0 Å². The normalized spacial score (nSPS) is 12.3. The zero-order chi connectivity index (χ0) is 17.6. The Morgan fingerprint density at radius 1 is 1.17 bits per heavy atom. The van der Waals surface area contributed by atoms with Gasteiger partial charge in [-0.05, 0) is 30.2 Å². The van der Waals surface area contributed by atoms with E-state index in [2.05, 4.69) is 31.4 Å². The molecule has 4 N–H and O–H groups in total. The van der Waals surface area contributed by atoms with Crippen molar-refractivity contribution < 1.29 is 9.59 Å². The number of benzene rings is 1. The van der Waals surface area contributed by atoms with Crippen molar-refractivity contribution in [1.82, 2.24) is 5.32 Å². The molecule has 1 aromatic carbocycles. The number of hydrogen-bond donors (Lipinski definition) is 3. The molecule has 0 bridgehead atoms. The molecule has 1 rings (SSSR count). The summed E-state index contributed by atoms with van der Waals surface area (Å²) < 4.78 is 0.143. The van der Waals surface area contributed by atoms with Crippen molar-refractivity contribution in [3.8, 4) is 0 Å². The number of amides is 2. The lowest BCUT2D eigenvalue weighted by Crippen LogP contribution is -2.46. The van der Waals surface area contributed by atoms with Gasteiger partial charge < -0.3 is 16.4 Å². The third-order valence-corrected chi connectivity index (χ3v) is 4.13. The lowest BCUT2D eigenvalue weighted by atomic mass is 10.1. The van der Waals surface area contributed by atoms with Crippen LogP contribution in [0.5, 0.6) is 0 Å². The fraction of sp³-hybridized carbons (Fsp3) is 0.529. The van der Waals surface area contributed by atoms with E-state index in [9.17, 15) is 9.59 Å². The summed E-state index contributed by atoms with van der Waals surface area (Å²) in [7, 11) is 0. The number of nitrogens with one attached hydrogen (secondary N) is 2. The minimum Gasteiger partial charge on any atom is -0.346 e. The molecule has 0 saturated heterocycles. The van der Waals surface area contributed by atoms with E-state index >= 15 is 0 Å². The number of nitrogens with two attached hydrogens (primary N) is 1. The van der Waals surface area contributed by atoms with E-state index in [1.54, 1.807) is 11.8 Å². The van der Waals surface area contributed by atoms with E-state index < -0.39 is 6.04 Å². The third kappa shape index (κ3) is 8.57.